The third-order valence-corrected chi connectivity index (χ3v) is 3.84. The van der Waals surface area contributed by atoms with Gasteiger partial charge in [-0.1, -0.05) is 18.2 Å². The van der Waals surface area contributed by atoms with Crippen molar-refractivity contribution in [3.05, 3.63) is 42.5 Å². The number of ether oxygens (including phenoxy) is 1. The summed E-state index contributed by atoms with van der Waals surface area (Å²) in [5.74, 6) is 1.84. The van der Waals surface area contributed by atoms with Crippen molar-refractivity contribution in [1.82, 2.24) is 20.1 Å². The summed E-state index contributed by atoms with van der Waals surface area (Å²) < 4.78 is 7.61. The van der Waals surface area contributed by atoms with Crippen LogP contribution in [0.25, 0.3) is 0 Å². The zero-order valence-corrected chi connectivity index (χ0v) is 12.4. The van der Waals surface area contributed by atoms with Crippen molar-refractivity contribution in [2.75, 3.05) is 6.61 Å². The van der Waals surface area contributed by atoms with Crippen LogP contribution in [0.5, 0.6) is 5.75 Å². The fraction of sp³-hybridized carbons (Fsp3) is 0.438. The van der Waals surface area contributed by atoms with Crippen molar-refractivity contribution in [1.29, 1.82) is 0 Å². The van der Waals surface area contributed by atoms with Gasteiger partial charge in [-0.15, -0.1) is 10.2 Å². The molecule has 0 saturated heterocycles. The van der Waals surface area contributed by atoms with Gasteiger partial charge >= 0.3 is 0 Å². The van der Waals surface area contributed by atoms with E-state index in [-0.39, 0.29) is 11.9 Å². The van der Waals surface area contributed by atoms with Crippen LogP contribution in [0.3, 0.4) is 0 Å². The SMILES string of the molecule is O=C(CCOc1ccccc1)NC1CCc2nncn2CC1. The summed E-state index contributed by atoms with van der Waals surface area (Å²) in [7, 11) is 0. The molecule has 1 N–H and O–H groups in total. The lowest BCUT2D eigenvalue weighted by molar-refractivity contribution is -0.122. The lowest BCUT2D eigenvalue weighted by Crippen LogP contribution is -2.35. The van der Waals surface area contributed by atoms with Crippen molar-refractivity contribution < 1.29 is 9.53 Å². The van der Waals surface area contributed by atoms with Crippen LogP contribution in [-0.2, 0) is 17.8 Å². The molecule has 1 aliphatic heterocycles. The molecule has 1 aromatic carbocycles. The molecule has 3 rings (SSSR count). The summed E-state index contributed by atoms with van der Waals surface area (Å²) in [6.07, 6.45) is 4.80. The first-order valence-corrected chi connectivity index (χ1v) is 7.65. The van der Waals surface area contributed by atoms with Gasteiger partial charge in [0, 0.05) is 19.0 Å². The first-order valence-electron chi connectivity index (χ1n) is 7.65. The molecule has 6 nitrogen and oxygen atoms in total. The Bertz CT molecular complexity index is 589. The zero-order valence-electron chi connectivity index (χ0n) is 12.4. The molecule has 0 spiro atoms. The number of aryl methyl sites for hydroxylation is 2. The molecule has 1 atom stereocenters. The molecule has 1 amide bonds. The minimum absolute atomic E-state index is 0.0404. The highest BCUT2D eigenvalue weighted by atomic mass is 16.5. The predicted molar refractivity (Wildman–Crippen MR) is 81.4 cm³/mol. The lowest BCUT2D eigenvalue weighted by Gasteiger charge is -2.16. The van der Waals surface area contributed by atoms with Gasteiger partial charge in [0.1, 0.15) is 17.9 Å². The Balaban J connectivity index is 1.40. The monoisotopic (exact) mass is 300 g/mol. The summed E-state index contributed by atoms with van der Waals surface area (Å²) >= 11 is 0. The largest absolute Gasteiger partial charge is 0.493 e. The normalized spacial score (nSPS) is 17.4. The van der Waals surface area contributed by atoms with E-state index in [0.717, 1.165) is 37.4 Å². The molecular weight excluding hydrogens is 280 g/mol. The average Bonchev–Trinajstić information content (AvgIpc) is 2.90. The van der Waals surface area contributed by atoms with E-state index in [4.69, 9.17) is 4.74 Å². The van der Waals surface area contributed by atoms with Gasteiger partial charge in [-0.3, -0.25) is 4.79 Å². The van der Waals surface area contributed by atoms with E-state index >= 15 is 0 Å². The Hall–Kier alpha value is -2.37. The van der Waals surface area contributed by atoms with Crippen molar-refractivity contribution >= 4 is 5.91 Å². The van der Waals surface area contributed by atoms with E-state index in [2.05, 4.69) is 20.1 Å². The van der Waals surface area contributed by atoms with Crippen molar-refractivity contribution in [3.63, 3.8) is 0 Å². The molecule has 116 valence electrons. The molecule has 0 saturated carbocycles. The highest BCUT2D eigenvalue weighted by molar-refractivity contribution is 5.76. The second kappa shape index (κ2) is 7.06. The maximum atomic E-state index is 12.0. The number of amides is 1. The van der Waals surface area contributed by atoms with Gasteiger partial charge in [0.25, 0.3) is 0 Å². The predicted octanol–water partition coefficient (Wildman–Crippen LogP) is 1.57. The first-order chi connectivity index (χ1) is 10.8. The van der Waals surface area contributed by atoms with Gasteiger partial charge in [0.15, 0.2) is 0 Å². The number of carbonyl (C=O) groups excluding carboxylic acids is 1. The maximum Gasteiger partial charge on any atom is 0.223 e. The van der Waals surface area contributed by atoms with Gasteiger partial charge in [0.2, 0.25) is 5.91 Å². The lowest BCUT2D eigenvalue weighted by atomic mass is 10.1. The quantitative estimate of drug-likeness (QED) is 0.910. The van der Waals surface area contributed by atoms with Crippen LogP contribution in [0.1, 0.15) is 25.1 Å². The molecule has 1 aromatic heterocycles. The number of para-hydroxylation sites is 1. The van der Waals surface area contributed by atoms with Crippen LogP contribution in [0.2, 0.25) is 0 Å². The Kier molecular flexibility index (Phi) is 4.68. The van der Waals surface area contributed by atoms with Crippen LogP contribution < -0.4 is 10.1 Å². The van der Waals surface area contributed by atoms with E-state index in [1.807, 2.05) is 30.3 Å². The number of aromatic nitrogens is 3. The Morgan fingerprint density at radius 3 is 3.05 bits per heavy atom. The van der Waals surface area contributed by atoms with Gasteiger partial charge < -0.3 is 14.6 Å². The fourth-order valence-corrected chi connectivity index (χ4v) is 2.62. The summed E-state index contributed by atoms with van der Waals surface area (Å²) in [5.41, 5.74) is 0. The van der Waals surface area contributed by atoms with Crippen LogP contribution >= 0.6 is 0 Å². The van der Waals surface area contributed by atoms with Gasteiger partial charge in [0.05, 0.1) is 13.0 Å². The fourth-order valence-electron chi connectivity index (χ4n) is 2.62. The summed E-state index contributed by atoms with van der Waals surface area (Å²) in [4.78, 5) is 12.0. The summed E-state index contributed by atoms with van der Waals surface area (Å²) in [5, 5.41) is 11.1. The minimum atomic E-state index is 0.0404. The molecule has 0 radical (unpaired) electrons. The zero-order chi connectivity index (χ0) is 15.2. The number of nitrogens with one attached hydrogen (secondary N) is 1. The molecule has 0 bridgehead atoms. The minimum Gasteiger partial charge on any atom is -0.493 e. The molecular formula is C16H20N4O2. The molecule has 2 aromatic rings. The number of hydrogen-bond acceptors (Lipinski definition) is 4. The number of fused-ring (bicyclic) bond motifs is 1. The van der Waals surface area contributed by atoms with Gasteiger partial charge in [-0.05, 0) is 25.0 Å². The van der Waals surface area contributed by atoms with Gasteiger partial charge in [-0.2, -0.15) is 0 Å². The molecule has 2 heterocycles. The second-order valence-electron chi connectivity index (χ2n) is 5.44. The topological polar surface area (TPSA) is 69.0 Å². The molecule has 1 aliphatic rings. The highest BCUT2D eigenvalue weighted by Gasteiger charge is 2.18. The van der Waals surface area contributed by atoms with Crippen LogP contribution in [0.15, 0.2) is 36.7 Å². The van der Waals surface area contributed by atoms with E-state index in [9.17, 15) is 4.79 Å². The first kappa shape index (κ1) is 14.6. The molecule has 0 aliphatic carbocycles. The smallest absolute Gasteiger partial charge is 0.223 e. The third-order valence-electron chi connectivity index (χ3n) is 3.84. The van der Waals surface area contributed by atoms with E-state index in [1.54, 1.807) is 6.33 Å². The average molecular weight is 300 g/mol. The highest BCUT2D eigenvalue weighted by Crippen LogP contribution is 2.13. The summed E-state index contributed by atoms with van der Waals surface area (Å²) in [6, 6.07) is 9.74. The van der Waals surface area contributed by atoms with Crippen LogP contribution in [0, 0.1) is 0 Å². The van der Waals surface area contributed by atoms with Crippen molar-refractivity contribution in [2.45, 2.75) is 38.3 Å². The standard InChI is InChI=1S/C16H20N4O2/c21-16(9-11-22-14-4-2-1-3-5-14)18-13-6-7-15-19-17-12-20(15)10-8-13/h1-5,12-13H,6-11H2,(H,18,21). The van der Waals surface area contributed by atoms with Crippen LogP contribution in [-0.4, -0.2) is 33.3 Å². The molecule has 0 fully saturated rings. The Morgan fingerprint density at radius 1 is 1.32 bits per heavy atom. The van der Waals surface area contributed by atoms with Crippen LogP contribution in [0.4, 0.5) is 0 Å². The van der Waals surface area contributed by atoms with E-state index in [0.29, 0.717) is 13.0 Å². The number of rotatable bonds is 5. The number of hydrogen-bond donors (Lipinski definition) is 1. The van der Waals surface area contributed by atoms with E-state index < -0.39 is 0 Å². The van der Waals surface area contributed by atoms with Crippen molar-refractivity contribution in [3.8, 4) is 5.75 Å². The van der Waals surface area contributed by atoms with E-state index in [1.165, 1.54) is 0 Å². The third kappa shape index (κ3) is 3.84. The second-order valence-corrected chi connectivity index (χ2v) is 5.44. The Labute approximate surface area is 129 Å². The maximum absolute atomic E-state index is 12.0. The number of nitrogens with zero attached hydrogens (tertiary/aromatic N) is 3. The van der Waals surface area contributed by atoms with Crippen molar-refractivity contribution in [2.24, 2.45) is 0 Å². The number of carbonyl (C=O) groups is 1. The molecule has 1 unspecified atom stereocenters. The Morgan fingerprint density at radius 2 is 2.18 bits per heavy atom. The molecule has 22 heavy (non-hydrogen) atoms. The molecule has 6 heteroatoms. The number of benzene rings is 1. The van der Waals surface area contributed by atoms with Gasteiger partial charge in [-0.25, -0.2) is 0 Å². The summed E-state index contributed by atoms with van der Waals surface area (Å²) in [6.45, 7) is 1.25.